The monoisotopic (exact) mass is 351 g/mol. The summed E-state index contributed by atoms with van der Waals surface area (Å²) in [6, 6.07) is 1.27. The Bertz CT molecular complexity index is 508. The molecule has 0 saturated carbocycles. The van der Waals surface area contributed by atoms with Gasteiger partial charge >= 0.3 is 12.1 Å². The molecular formula is C11H14F5NO4S. The Labute approximate surface area is 123 Å². The molecule has 1 rings (SSSR count). The van der Waals surface area contributed by atoms with Gasteiger partial charge in [-0.25, -0.2) is 8.42 Å². The van der Waals surface area contributed by atoms with Gasteiger partial charge in [0.2, 0.25) is 0 Å². The third kappa shape index (κ3) is 5.03. The largest absolute Gasteiger partial charge is 0.453 e. The molecule has 1 aliphatic heterocycles. The van der Waals surface area contributed by atoms with Gasteiger partial charge in [-0.1, -0.05) is 0 Å². The van der Waals surface area contributed by atoms with Crippen molar-refractivity contribution in [1.29, 1.82) is 5.26 Å². The molecule has 0 aromatic heterocycles. The fourth-order valence-electron chi connectivity index (χ4n) is 1.76. The maximum absolute atomic E-state index is 12.8. The molecule has 0 N–H and O–H groups in total. The van der Waals surface area contributed by atoms with E-state index in [0.29, 0.717) is 0 Å². The summed E-state index contributed by atoms with van der Waals surface area (Å²) in [7, 11) is -4.15. The van der Waals surface area contributed by atoms with Gasteiger partial charge in [0.05, 0.1) is 25.0 Å². The maximum atomic E-state index is 12.8. The van der Waals surface area contributed by atoms with E-state index in [0.717, 1.165) is 0 Å². The van der Waals surface area contributed by atoms with E-state index in [4.69, 9.17) is 14.7 Å². The fraction of sp³-hybridized carbons (Fsp3) is 0.909. The lowest BCUT2D eigenvalue weighted by Gasteiger charge is -2.20. The second-order valence-corrected chi connectivity index (χ2v) is 6.99. The summed E-state index contributed by atoms with van der Waals surface area (Å²) in [6.45, 7) is 0.564. The van der Waals surface area contributed by atoms with Crippen LogP contribution in [0, 0.1) is 11.3 Å². The normalized spacial score (nSPS) is 19.1. The smallest absolute Gasteiger partial charge is 0.350 e. The highest BCUT2D eigenvalue weighted by molar-refractivity contribution is 7.92. The van der Waals surface area contributed by atoms with Crippen molar-refractivity contribution in [2.45, 2.75) is 42.9 Å². The van der Waals surface area contributed by atoms with Gasteiger partial charge in [-0.2, -0.15) is 27.2 Å². The number of hydrogen-bond donors (Lipinski definition) is 0. The van der Waals surface area contributed by atoms with E-state index in [1.54, 1.807) is 0 Å². The number of ether oxygens (including phenoxy) is 2. The van der Waals surface area contributed by atoms with Crippen LogP contribution in [0.15, 0.2) is 0 Å². The standard InChI is InChI=1S/C11H14F5NO4S/c12-10(13,11(14,15)16)3-1-8(7-17)22(18,19)6-2-9-20-4-5-21-9/h8-9H,1-6H2. The molecule has 1 fully saturated rings. The van der Waals surface area contributed by atoms with Gasteiger partial charge in [0.25, 0.3) is 0 Å². The van der Waals surface area contributed by atoms with Crippen molar-refractivity contribution < 1.29 is 39.8 Å². The van der Waals surface area contributed by atoms with E-state index < -0.39 is 52.1 Å². The Hall–Kier alpha value is -0.990. The van der Waals surface area contributed by atoms with Crippen molar-refractivity contribution in [1.82, 2.24) is 0 Å². The first-order valence-electron chi connectivity index (χ1n) is 6.28. The van der Waals surface area contributed by atoms with Crippen molar-refractivity contribution in [2.24, 2.45) is 0 Å². The highest BCUT2D eigenvalue weighted by Crippen LogP contribution is 2.39. The number of hydrogen-bond acceptors (Lipinski definition) is 5. The average Bonchev–Trinajstić information content (AvgIpc) is 2.88. The van der Waals surface area contributed by atoms with Gasteiger partial charge in [0.15, 0.2) is 16.1 Å². The van der Waals surface area contributed by atoms with Crippen LogP contribution in [-0.4, -0.2) is 51.0 Å². The molecule has 0 aromatic carbocycles. The minimum atomic E-state index is -5.78. The molecular weight excluding hydrogens is 337 g/mol. The molecule has 1 aliphatic rings. The summed E-state index contributed by atoms with van der Waals surface area (Å²) in [4.78, 5) is 0. The van der Waals surface area contributed by atoms with Gasteiger partial charge < -0.3 is 9.47 Å². The van der Waals surface area contributed by atoms with Gasteiger partial charge in [0, 0.05) is 12.8 Å². The van der Waals surface area contributed by atoms with Crippen molar-refractivity contribution in [3.05, 3.63) is 0 Å². The van der Waals surface area contributed by atoms with Crippen LogP contribution >= 0.6 is 0 Å². The summed E-state index contributed by atoms with van der Waals surface area (Å²) < 4.78 is 95.2. The Balaban J connectivity index is 2.60. The molecule has 0 aliphatic carbocycles. The molecule has 0 bridgehead atoms. The minimum absolute atomic E-state index is 0.115. The number of nitriles is 1. The topological polar surface area (TPSA) is 76.4 Å². The third-order valence-electron chi connectivity index (χ3n) is 3.04. The molecule has 0 amide bonds. The van der Waals surface area contributed by atoms with Crippen LogP contribution in [0.25, 0.3) is 0 Å². The molecule has 22 heavy (non-hydrogen) atoms. The number of rotatable bonds is 7. The molecule has 1 atom stereocenters. The van der Waals surface area contributed by atoms with E-state index in [1.165, 1.54) is 6.07 Å². The molecule has 5 nitrogen and oxygen atoms in total. The summed E-state index contributed by atoms with van der Waals surface area (Å²) in [5, 5.41) is 6.81. The first-order valence-corrected chi connectivity index (χ1v) is 8.00. The third-order valence-corrected chi connectivity index (χ3v) is 5.05. The average molecular weight is 351 g/mol. The predicted molar refractivity (Wildman–Crippen MR) is 63.7 cm³/mol. The lowest BCUT2D eigenvalue weighted by atomic mass is 10.1. The van der Waals surface area contributed by atoms with Crippen LogP contribution in [0.2, 0.25) is 0 Å². The van der Waals surface area contributed by atoms with Crippen molar-refractivity contribution >= 4 is 9.84 Å². The van der Waals surface area contributed by atoms with Gasteiger partial charge in [-0.3, -0.25) is 0 Å². The molecule has 128 valence electrons. The van der Waals surface area contributed by atoms with E-state index >= 15 is 0 Å². The molecule has 0 aromatic rings. The zero-order chi connectivity index (χ0) is 17.0. The molecule has 1 heterocycles. The number of nitrogens with zero attached hydrogens (tertiary/aromatic N) is 1. The first-order chi connectivity index (χ1) is 9.99. The predicted octanol–water partition coefficient (Wildman–Crippen LogP) is 2.03. The zero-order valence-electron chi connectivity index (χ0n) is 11.3. The van der Waals surface area contributed by atoms with Crippen molar-refractivity contribution in [3.8, 4) is 6.07 Å². The summed E-state index contributed by atoms with van der Waals surface area (Å²) in [6.07, 6.45) is -9.52. The van der Waals surface area contributed by atoms with Crippen LogP contribution in [0.1, 0.15) is 19.3 Å². The second kappa shape index (κ2) is 7.06. The first kappa shape index (κ1) is 19.1. The quantitative estimate of drug-likeness (QED) is 0.656. The summed E-state index contributed by atoms with van der Waals surface area (Å²) >= 11 is 0. The van der Waals surface area contributed by atoms with E-state index in [9.17, 15) is 30.4 Å². The van der Waals surface area contributed by atoms with Crippen molar-refractivity contribution in [2.75, 3.05) is 19.0 Å². The van der Waals surface area contributed by atoms with E-state index in [-0.39, 0.29) is 19.6 Å². The maximum Gasteiger partial charge on any atom is 0.453 e. The lowest BCUT2D eigenvalue weighted by Crippen LogP contribution is -2.38. The molecule has 0 spiro atoms. The van der Waals surface area contributed by atoms with E-state index in [2.05, 4.69) is 0 Å². The second-order valence-electron chi connectivity index (χ2n) is 4.69. The SMILES string of the molecule is N#CC(CCC(F)(F)C(F)(F)F)S(=O)(=O)CCC1OCCO1. The molecule has 1 unspecified atom stereocenters. The summed E-state index contributed by atoms with van der Waals surface area (Å²) in [5.74, 6) is -5.62. The van der Waals surface area contributed by atoms with Gasteiger partial charge in [0.1, 0.15) is 5.25 Å². The Morgan fingerprint density at radius 1 is 1.18 bits per heavy atom. The Morgan fingerprint density at radius 3 is 2.18 bits per heavy atom. The van der Waals surface area contributed by atoms with Crippen LogP contribution in [-0.2, 0) is 19.3 Å². The number of halogens is 5. The van der Waals surface area contributed by atoms with Crippen LogP contribution < -0.4 is 0 Å². The van der Waals surface area contributed by atoms with Crippen LogP contribution in [0.4, 0.5) is 22.0 Å². The van der Waals surface area contributed by atoms with E-state index in [1.807, 2.05) is 0 Å². The highest BCUT2D eigenvalue weighted by Gasteiger charge is 2.57. The molecule has 1 saturated heterocycles. The minimum Gasteiger partial charge on any atom is -0.350 e. The summed E-state index contributed by atoms with van der Waals surface area (Å²) in [5.41, 5.74) is 0. The lowest BCUT2D eigenvalue weighted by molar-refractivity contribution is -0.284. The molecule has 0 radical (unpaired) electrons. The van der Waals surface area contributed by atoms with Crippen LogP contribution in [0.3, 0.4) is 0 Å². The zero-order valence-corrected chi connectivity index (χ0v) is 12.1. The highest BCUT2D eigenvalue weighted by atomic mass is 32.2. The molecule has 11 heteroatoms. The van der Waals surface area contributed by atoms with Gasteiger partial charge in [-0.05, 0) is 6.42 Å². The van der Waals surface area contributed by atoms with Crippen LogP contribution in [0.5, 0.6) is 0 Å². The number of alkyl halides is 5. The number of sulfone groups is 1. The van der Waals surface area contributed by atoms with Crippen molar-refractivity contribution in [3.63, 3.8) is 0 Å². The Kier molecular flexibility index (Phi) is 6.11. The Morgan fingerprint density at radius 2 is 1.73 bits per heavy atom. The fourth-order valence-corrected chi connectivity index (χ4v) is 3.20. The van der Waals surface area contributed by atoms with Gasteiger partial charge in [-0.15, -0.1) is 0 Å².